The van der Waals surface area contributed by atoms with Crippen LogP contribution in [-0.4, -0.2) is 56.9 Å². The van der Waals surface area contributed by atoms with E-state index in [1.807, 2.05) is 32.0 Å². The highest BCUT2D eigenvalue weighted by Gasteiger charge is 2.22. The third-order valence-corrected chi connectivity index (χ3v) is 5.21. The van der Waals surface area contributed by atoms with E-state index in [1.54, 1.807) is 0 Å². The van der Waals surface area contributed by atoms with E-state index < -0.39 is 0 Å². The van der Waals surface area contributed by atoms with Crippen LogP contribution in [0.4, 0.5) is 5.69 Å². The lowest BCUT2D eigenvalue weighted by Gasteiger charge is -2.34. The molecule has 1 heterocycles. The second-order valence-corrected chi connectivity index (χ2v) is 7.45. The van der Waals surface area contributed by atoms with Crippen molar-refractivity contribution in [1.82, 2.24) is 4.90 Å². The minimum absolute atomic E-state index is 0.144. The first-order valence-corrected chi connectivity index (χ1v) is 11.0. The van der Waals surface area contributed by atoms with Crippen LogP contribution in [0.15, 0.2) is 47.5 Å². The Balaban J connectivity index is 1.77. The first-order valence-electron chi connectivity index (χ1n) is 11.0. The van der Waals surface area contributed by atoms with Crippen LogP contribution in [0.25, 0.3) is 0 Å². The second kappa shape index (κ2) is 11.6. The molecule has 31 heavy (non-hydrogen) atoms. The molecule has 0 bridgehead atoms. The summed E-state index contributed by atoms with van der Waals surface area (Å²) in [6.45, 7) is 10.9. The van der Waals surface area contributed by atoms with Crippen molar-refractivity contribution in [2.75, 3.05) is 51.4 Å². The molecule has 1 unspecified atom stereocenters. The molecule has 7 nitrogen and oxygen atoms in total. The maximum Gasteiger partial charge on any atom is 0.193 e. The Hall–Kier alpha value is -2.77. The maximum atomic E-state index is 6.27. The number of nitrogens with zero attached hydrogens (tertiary/aromatic N) is 2. The van der Waals surface area contributed by atoms with E-state index in [0.717, 1.165) is 37.7 Å². The molecule has 0 radical (unpaired) electrons. The van der Waals surface area contributed by atoms with Crippen molar-refractivity contribution in [1.29, 1.82) is 0 Å². The van der Waals surface area contributed by atoms with Crippen molar-refractivity contribution < 1.29 is 14.2 Å². The monoisotopic (exact) mass is 426 g/mol. The quantitative estimate of drug-likeness (QED) is 0.471. The Bertz CT molecular complexity index is 848. The van der Waals surface area contributed by atoms with Gasteiger partial charge in [-0.15, -0.1) is 0 Å². The topological polar surface area (TPSA) is 81.3 Å². The predicted octanol–water partition coefficient (Wildman–Crippen LogP) is 3.59. The molecule has 0 amide bonds. The van der Waals surface area contributed by atoms with E-state index in [2.05, 4.69) is 46.4 Å². The Labute approximate surface area is 185 Å². The number of nitrogens with one attached hydrogen (secondary N) is 1. The fourth-order valence-corrected chi connectivity index (χ4v) is 3.62. The Morgan fingerprint density at radius 1 is 1.10 bits per heavy atom. The smallest absolute Gasteiger partial charge is 0.193 e. The molecule has 3 N–H and O–H groups in total. The fraction of sp³-hybridized carbons (Fsp3) is 0.458. The van der Waals surface area contributed by atoms with Gasteiger partial charge in [0.05, 0.1) is 44.7 Å². The first kappa shape index (κ1) is 22.9. The first-order chi connectivity index (χ1) is 15.1. The number of aliphatic imine (C=N–C) groups is 1. The molecule has 7 heteroatoms. The van der Waals surface area contributed by atoms with Gasteiger partial charge in [0.2, 0.25) is 0 Å². The van der Waals surface area contributed by atoms with Gasteiger partial charge < -0.3 is 25.3 Å². The molecule has 1 aliphatic heterocycles. The molecule has 168 valence electrons. The number of morpholine rings is 1. The third-order valence-electron chi connectivity index (χ3n) is 5.21. The average Bonchev–Trinajstić information content (AvgIpc) is 2.78. The Kier molecular flexibility index (Phi) is 8.55. The van der Waals surface area contributed by atoms with Crippen LogP contribution < -0.4 is 20.5 Å². The van der Waals surface area contributed by atoms with Crippen molar-refractivity contribution in [3.63, 3.8) is 0 Å². The van der Waals surface area contributed by atoms with Gasteiger partial charge in [0.15, 0.2) is 5.96 Å². The summed E-state index contributed by atoms with van der Waals surface area (Å²) in [6.07, 6.45) is 0. The number of ether oxygens (including phenoxy) is 3. The van der Waals surface area contributed by atoms with Crippen LogP contribution in [-0.2, 0) is 4.74 Å². The summed E-state index contributed by atoms with van der Waals surface area (Å²) >= 11 is 0. The number of benzene rings is 2. The van der Waals surface area contributed by atoms with Crippen LogP contribution in [0.2, 0.25) is 0 Å². The van der Waals surface area contributed by atoms with Crippen LogP contribution in [0.3, 0.4) is 0 Å². The van der Waals surface area contributed by atoms with Gasteiger partial charge in [0.25, 0.3) is 0 Å². The Morgan fingerprint density at radius 3 is 2.48 bits per heavy atom. The van der Waals surface area contributed by atoms with Crippen molar-refractivity contribution in [3.8, 4) is 11.5 Å². The zero-order valence-electron chi connectivity index (χ0n) is 18.8. The number of hydrogen-bond acceptors (Lipinski definition) is 5. The van der Waals surface area contributed by atoms with Gasteiger partial charge in [-0.3, -0.25) is 9.89 Å². The van der Waals surface area contributed by atoms with Crippen molar-refractivity contribution >= 4 is 11.6 Å². The fourth-order valence-electron chi connectivity index (χ4n) is 3.62. The van der Waals surface area contributed by atoms with Gasteiger partial charge in [-0.05, 0) is 38.5 Å². The SMILES string of the molecule is CCOc1ccc(OCC)c(NC(N)=NCC(c2ccc(C)cc2)N2CCOCC2)c1. The molecular weight excluding hydrogens is 392 g/mol. The summed E-state index contributed by atoms with van der Waals surface area (Å²) in [7, 11) is 0. The largest absolute Gasteiger partial charge is 0.494 e. The Morgan fingerprint density at radius 2 is 1.81 bits per heavy atom. The highest BCUT2D eigenvalue weighted by molar-refractivity contribution is 5.94. The lowest BCUT2D eigenvalue weighted by molar-refractivity contribution is 0.0180. The van der Waals surface area contributed by atoms with Gasteiger partial charge in [-0.2, -0.15) is 0 Å². The van der Waals surface area contributed by atoms with E-state index in [4.69, 9.17) is 19.9 Å². The standard InChI is InChI=1S/C24H34N4O3/c1-4-30-20-10-11-23(31-5-2)21(16-20)27-24(25)26-17-22(28-12-14-29-15-13-28)19-8-6-18(3)7-9-19/h6-11,16,22H,4-5,12-15,17H2,1-3H3,(H3,25,26,27). The summed E-state index contributed by atoms with van der Waals surface area (Å²) in [4.78, 5) is 7.08. The number of guanidine groups is 1. The number of hydrogen-bond donors (Lipinski definition) is 2. The molecule has 0 saturated carbocycles. The van der Waals surface area contributed by atoms with E-state index in [9.17, 15) is 0 Å². The molecule has 3 rings (SSSR count). The van der Waals surface area contributed by atoms with Crippen molar-refractivity contribution in [2.45, 2.75) is 26.8 Å². The average molecular weight is 427 g/mol. The molecule has 0 aliphatic carbocycles. The molecule has 1 atom stereocenters. The number of rotatable bonds is 9. The zero-order chi connectivity index (χ0) is 22.1. The van der Waals surface area contributed by atoms with Gasteiger partial charge in [0.1, 0.15) is 11.5 Å². The second-order valence-electron chi connectivity index (χ2n) is 7.45. The molecule has 2 aromatic carbocycles. The zero-order valence-corrected chi connectivity index (χ0v) is 18.8. The highest BCUT2D eigenvalue weighted by Crippen LogP contribution is 2.29. The third kappa shape index (κ3) is 6.60. The molecular formula is C24H34N4O3. The lowest BCUT2D eigenvalue weighted by atomic mass is 10.0. The summed E-state index contributed by atoms with van der Waals surface area (Å²) < 4.78 is 16.9. The molecule has 1 fully saturated rings. The predicted molar refractivity (Wildman–Crippen MR) is 125 cm³/mol. The molecule has 0 spiro atoms. The minimum Gasteiger partial charge on any atom is -0.494 e. The summed E-state index contributed by atoms with van der Waals surface area (Å²) in [6, 6.07) is 14.4. The molecule has 2 aromatic rings. The van der Waals surface area contributed by atoms with Gasteiger partial charge in [0, 0.05) is 19.2 Å². The number of anilines is 1. The van der Waals surface area contributed by atoms with E-state index in [1.165, 1.54) is 11.1 Å². The van der Waals surface area contributed by atoms with Gasteiger partial charge in [-0.1, -0.05) is 29.8 Å². The summed E-state index contributed by atoms with van der Waals surface area (Å²) in [5.74, 6) is 1.82. The van der Waals surface area contributed by atoms with Crippen LogP contribution >= 0.6 is 0 Å². The van der Waals surface area contributed by atoms with E-state index in [0.29, 0.717) is 31.5 Å². The van der Waals surface area contributed by atoms with Crippen LogP contribution in [0, 0.1) is 6.92 Å². The molecule has 0 aromatic heterocycles. The minimum atomic E-state index is 0.144. The van der Waals surface area contributed by atoms with Crippen LogP contribution in [0.5, 0.6) is 11.5 Å². The van der Waals surface area contributed by atoms with Crippen LogP contribution in [0.1, 0.15) is 31.0 Å². The molecule has 1 saturated heterocycles. The van der Waals surface area contributed by atoms with Gasteiger partial charge in [-0.25, -0.2) is 0 Å². The number of aryl methyl sites for hydroxylation is 1. The number of nitrogens with two attached hydrogens (primary N) is 1. The van der Waals surface area contributed by atoms with E-state index in [-0.39, 0.29) is 6.04 Å². The van der Waals surface area contributed by atoms with Gasteiger partial charge >= 0.3 is 0 Å². The normalized spacial score (nSPS) is 16.0. The highest BCUT2D eigenvalue weighted by atomic mass is 16.5. The van der Waals surface area contributed by atoms with Crippen molar-refractivity contribution in [2.24, 2.45) is 10.7 Å². The molecule has 1 aliphatic rings. The van der Waals surface area contributed by atoms with Crippen molar-refractivity contribution in [3.05, 3.63) is 53.6 Å². The summed E-state index contributed by atoms with van der Waals surface area (Å²) in [5, 5.41) is 3.19. The lowest BCUT2D eigenvalue weighted by Crippen LogP contribution is -2.40. The summed E-state index contributed by atoms with van der Waals surface area (Å²) in [5.41, 5.74) is 9.49. The van der Waals surface area contributed by atoms with E-state index >= 15 is 0 Å². The maximum absolute atomic E-state index is 6.27.